The molecule has 0 heterocycles. The summed E-state index contributed by atoms with van der Waals surface area (Å²) in [6, 6.07) is 10.3. The maximum absolute atomic E-state index is 12.9. The normalized spacial score (nSPS) is 10.4. The zero-order valence-corrected chi connectivity index (χ0v) is 17.5. The van der Waals surface area contributed by atoms with Crippen molar-refractivity contribution >= 4 is 11.9 Å². The van der Waals surface area contributed by atoms with Gasteiger partial charge in [-0.15, -0.1) is 0 Å². The topological polar surface area (TPSA) is 88.7 Å². The predicted octanol–water partition coefficient (Wildman–Crippen LogP) is 3.45. The van der Waals surface area contributed by atoms with Crippen molar-refractivity contribution in [2.75, 3.05) is 20.3 Å². The summed E-state index contributed by atoms with van der Waals surface area (Å²) in [5.74, 6) is 0.722. The molecule has 0 unspecified atom stereocenters. The molecule has 162 valence electrons. The van der Waals surface area contributed by atoms with Gasteiger partial charge in [0.05, 0.1) is 13.7 Å². The van der Waals surface area contributed by atoms with E-state index in [-0.39, 0.29) is 5.82 Å². The summed E-state index contributed by atoms with van der Waals surface area (Å²) in [4.78, 5) is 24.1. The molecule has 8 heteroatoms. The molecule has 2 rings (SSSR count). The van der Waals surface area contributed by atoms with Gasteiger partial charge in [0.15, 0.2) is 11.5 Å². The van der Waals surface area contributed by atoms with E-state index in [2.05, 4.69) is 30.0 Å². The van der Waals surface area contributed by atoms with Gasteiger partial charge in [-0.2, -0.15) is 0 Å². The number of methoxy groups -OCH3 is 1. The highest BCUT2D eigenvalue weighted by Gasteiger charge is 2.12. The summed E-state index contributed by atoms with van der Waals surface area (Å²) in [7, 11) is 1.50. The SMILES string of the molecule is COc1cc(C(=O)NNC(=O)NCCc2ccc(F)cc2)ccc1OCCC(C)C. The number of nitrogens with one attached hydrogen (secondary N) is 3. The number of hydrogen-bond donors (Lipinski definition) is 3. The van der Waals surface area contributed by atoms with Gasteiger partial charge in [-0.05, 0) is 54.7 Å². The maximum atomic E-state index is 12.9. The molecule has 2 aromatic carbocycles. The van der Waals surface area contributed by atoms with Crippen molar-refractivity contribution in [2.45, 2.75) is 26.7 Å². The third kappa shape index (κ3) is 7.62. The standard InChI is InChI=1S/C22H28FN3O4/c1-15(2)11-13-30-19-9-6-17(14-20(19)29-3)21(27)25-26-22(28)24-12-10-16-4-7-18(23)8-5-16/h4-9,14-15H,10-13H2,1-3H3,(H,25,27)(H2,24,26,28). The fourth-order valence-corrected chi connectivity index (χ4v) is 2.53. The van der Waals surface area contributed by atoms with Crippen LogP contribution in [0.25, 0.3) is 0 Å². The monoisotopic (exact) mass is 417 g/mol. The van der Waals surface area contributed by atoms with E-state index in [0.29, 0.717) is 42.6 Å². The molecule has 3 amide bonds. The fraction of sp³-hybridized carbons (Fsp3) is 0.364. The Morgan fingerprint density at radius 2 is 1.77 bits per heavy atom. The van der Waals surface area contributed by atoms with E-state index in [9.17, 15) is 14.0 Å². The van der Waals surface area contributed by atoms with Crippen molar-refractivity contribution in [3.8, 4) is 11.5 Å². The van der Waals surface area contributed by atoms with Crippen molar-refractivity contribution in [1.29, 1.82) is 0 Å². The highest BCUT2D eigenvalue weighted by Crippen LogP contribution is 2.28. The van der Waals surface area contributed by atoms with Crippen molar-refractivity contribution < 1.29 is 23.5 Å². The van der Waals surface area contributed by atoms with Crippen LogP contribution in [0.1, 0.15) is 36.2 Å². The molecule has 0 atom stereocenters. The van der Waals surface area contributed by atoms with E-state index < -0.39 is 11.9 Å². The summed E-state index contributed by atoms with van der Waals surface area (Å²) in [6.07, 6.45) is 1.45. The minimum atomic E-state index is -0.550. The Kier molecular flexibility index (Phi) is 8.93. The lowest BCUT2D eigenvalue weighted by Gasteiger charge is -2.13. The molecule has 0 radical (unpaired) electrons. The number of hydrazine groups is 1. The van der Waals surface area contributed by atoms with Crippen molar-refractivity contribution in [1.82, 2.24) is 16.2 Å². The van der Waals surface area contributed by atoms with E-state index in [1.807, 2.05) is 0 Å². The largest absolute Gasteiger partial charge is 0.493 e. The van der Waals surface area contributed by atoms with Gasteiger partial charge in [-0.25, -0.2) is 14.6 Å². The average Bonchev–Trinajstić information content (AvgIpc) is 2.73. The van der Waals surface area contributed by atoms with Gasteiger partial charge in [-0.3, -0.25) is 10.2 Å². The van der Waals surface area contributed by atoms with Gasteiger partial charge < -0.3 is 14.8 Å². The first-order valence-corrected chi connectivity index (χ1v) is 9.78. The smallest absolute Gasteiger partial charge is 0.333 e. The van der Waals surface area contributed by atoms with Gasteiger partial charge in [-0.1, -0.05) is 26.0 Å². The van der Waals surface area contributed by atoms with Crippen LogP contribution >= 0.6 is 0 Å². The number of halogens is 1. The first-order valence-electron chi connectivity index (χ1n) is 9.78. The van der Waals surface area contributed by atoms with Crippen molar-refractivity contribution in [3.05, 3.63) is 59.4 Å². The van der Waals surface area contributed by atoms with Crippen LogP contribution in [0.15, 0.2) is 42.5 Å². The van der Waals surface area contributed by atoms with E-state index in [1.54, 1.807) is 30.3 Å². The summed E-state index contributed by atoms with van der Waals surface area (Å²) >= 11 is 0. The van der Waals surface area contributed by atoms with Crippen molar-refractivity contribution in [2.24, 2.45) is 5.92 Å². The summed E-state index contributed by atoms with van der Waals surface area (Å²) in [5.41, 5.74) is 5.84. The second-order valence-corrected chi connectivity index (χ2v) is 7.11. The Hall–Kier alpha value is -3.29. The molecular formula is C22H28FN3O4. The number of amides is 3. The van der Waals surface area contributed by atoms with Crippen LogP contribution < -0.4 is 25.6 Å². The van der Waals surface area contributed by atoms with Gasteiger partial charge in [0.25, 0.3) is 5.91 Å². The Balaban J connectivity index is 1.78. The van der Waals surface area contributed by atoms with E-state index >= 15 is 0 Å². The highest BCUT2D eigenvalue weighted by atomic mass is 19.1. The molecule has 0 fully saturated rings. The molecule has 2 aromatic rings. The van der Waals surface area contributed by atoms with Crippen molar-refractivity contribution in [3.63, 3.8) is 0 Å². The quantitative estimate of drug-likeness (QED) is 0.546. The van der Waals surface area contributed by atoms with Crippen LogP contribution in [0.5, 0.6) is 11.5 Å². The average molecular weight is 417 g/mol. The summed E-state index contributed by atoms with van der Waals surface area (Å²) < 4.78 is 23.9. The lowest BCUT2D eigenvalue weighted by atomic mass is 10.1. The highest BCUT2D eigenvalue weighted by molar-refractivity contribution is 5.95. The molecule has 3 N–H and O–H groups in total. The van der Waals surface area contributed by atoms with Crippen LogP contribution in [-0.4, -0.2) is 32.2 Å². The lowest BCUT2D eigenvalue weighted by Crippen LogP contribution is -2.47. The van der Waals surface area contributed by atoms with Gasteiger partial charge in [0.2, 0.25) is 0 Å². The van der Waals surface area contributed by atoms with E-state index in [4.69, 9.17) is 9.47 Å². The van der Waals surface area contributed by atoms with E-state index in [1.165, 1.54) is 19.2 Å². The molecule has 0 saturated carbocycles. The molecule has 0 aliphatic heterocycles. The number of carbonyl (C=O) groups is 2. The predicted molar refractivity (Wildman–Crippen MR) is 112 cm³/mol. The van der Waals surface area contributed by atoms with Gasteiger partial charge in [0.1, 0.15) is 5.82 Å². The number of hydrogen-bond acceptors (Lipinski definition) is 4. The number of carbonyl (C=O) groups excluding carboxylic acids is 2. The number of benzene rings is 2. The second kappa shape index (κ2) is 11.6. The third-order valence-corrected chi connectivity index (χ3v) is 4.28. The van der Waals surface area contributed by atoms with Crippen LogP contribution in [0.4, 0.5) is 9.18 Å². The Morgan fingerprint density at radius 3 is 2.43 bits per heavy atom. The molecule has 7 nitrogen and oxygen atoms in total. The third-order valence-electron chi connectivity index (χ3n) is 4.28. The molecule has 0 spiro atoms. The summed E-state index contributed by atoms with van der Waals surface area (Å²) in [6.45, 7) is 5.11. The van der Waals surface area contributed by atoms with Gasteiger partial charge >= 0.3 is 6.03 Å². The number of urea groups is 1. The first-order chi connectivity index (χ1) is 14.4. The molecule has 0 saturated heterocycles. The maximum Gasteiger partial charge on any atom is 0.333 e. The number of rotatable bonds is 9. The minimum absolute atomic E-state index is 0.307. The molecule has 0 aromatic heterocycles. The minimum Gasteiger partial charge on any atom is -0.493 e. The molecule has 0 bridgehead atoms. The summed E-state index contributed by atoms with van der Waals surface area (Å²) in [5, 5.41) is 2.61. The Bertz CT molecular complexity index is 841. The molecule has 0 aliphatic carbocycles. The molecule has 0 aliphatic rings. The molecular weight excluding hydrogens is 389 g/mol. The fourth-order valence-electron chi connectivity index (χ4n) is 2.53. The van der Waals surface area contributed by atoms with Crippen LogP contribution in [-0.2, 0) is 6.42 Å². The van der Waals surface area contributed by atoms with Crippen LogP contribution in [0.3, 0.4) is 0 Å². The number of ether oxygens (including phenoxy) is 2. The first kappa shape index (κ1) is 23.0. The van der Waals surface area contributed by atoms with Gasteiger partial charge in [0, 0.05) is 12.1 Å². The Labute approximate surface area is 175 Å². The zero-order valence-electron chi connectivity index (χ0n) is 17.5. The molecule has 30 heavy (non-hydrogen) atoms. The van der Waals surface area contributed by atoms with E-state index in [0.717, 1.165) is 12.0 Å². The second-order valence-electron chi connectivity index (χ2n) is 7.11. The lowest BCUT2D eigenvalue weighted by molar-refractivity contribution is 0.0936. The Morgan fingerprint density at radius 1 is 1.03 bits per heavy atom. The van der Waals surface area contributed by atoms with Crippen LogP contribution in [0.2, 0.25) is 0 Å². The zero-order chi connectivity index (χ0) is 21.9. The van der Waals surface area contributed by atoms with Crippen LogP contribution in [0, 0.1) is 11.7 Å².